The molecule has 1 unspecified atom stereocenters. The number of benzene rings is 2. The average molecular weight is 528 g/mol. The van der Waals surface area contributed by atoms with Crippen molar-refractivity contribution in [3.8, 4) is 11.5 Å². The van der Waals surface area contributed by atoms with Crippen LogP contribution >= 0.6 is 35.8 Å². The van der Waals surface area contributed by atoms with Gasteiger partial charge in [-0.1, -0.05) is 23.4 Å². The van der Waals surface area contributed by atoms with Crippen molar-refractivity contribution in [2.45, 2.75) is 42.5 Å². The minimum atomic E-state index is -0.245. The lowest BCUT2D eigenvalue weighted by Crippen LogP contribution is -2.34. The number of nitrogens with zero attached hydrogens (tertiary/aromatic N) is 2. The van der Waals surface area contributed by atoms with E-state index in [-0.39, 0.29) is 23.7 Å². The van der Waals surface area contributed by atoms with Gasteiger partial charge in [-0.15, -0.1) is 12.4 Å². The van der Waals surface area contributed by atoms with Gasteiger partial charge in [0, 0.05) is 42.1 Å². The van der Waals surface area contributed by atoms with Gasteiger partial charge in [0.1, 0.15) is 16.9 Å². The molecule has 2 aliphatic heterocycles. The number of likely N-dealkylation sites (tertiary alicyclic amines) is 1. The van der Waals surface area contributed by atoms with Crippen LogP contribution in [0.4, 0.5) is 5.69 Å². The first-order valence-electron chi connectivity index (χ1n) is 11.3. The lowest BCUT2D eigenvalue weighted by molar-refractivity contribution is -0.116. The normalized spacial score (nSPS) is 19.6. The zero-order chi connectivity index (χ0) is 23.4. The number of hydrogen-bond donors (Lipinski definition) is 0. The molecule has 2 heterocycles. The number of hydrogen-bond acceptors (Lipinski definition) is 6. The Morgan fingerprint density at radius 2 is 2.03 bits per heavy atom. The van der Waals surface area contributed by atoms with E-state index in [4.69, 9.17) is 25.8 Å². The highest BCUT2D eigenvalue weighted by Gasteiger charge is 2.36. The molecular weight excluding hydrogens is 495 g/mol. The Labute approximate surface area is 217 Å². The second-order valence-electron chi connectivity index (χ2n) is 8.36. The van der Waals surface area contributed by atoms with Crippen LogP contribution in [-0.2, 0) is 9.53 Å². The van der Waals surface area contributed by atoms with Crippen molar-refractivity contribution >= 4 is 47.4 Å². The van der Waals surface area contributed by atoms with Crippen LogP contribution in [0.15, 0.2) is 41.3 Å². The van der Waals surface area contributed by atoms with Gasteiger partial charge in [0.05, 0.1) is 26.0 Å². The molecule has 0 N–H and O–H groups in total. The Balaban J connectivity index is 0.00000324. The number of thioether (sulfide) groups is 1. The molecule has 0 saturated carbocycles. The SMILES string of the molecule is COC[C@@H]1CCCN1CCCOc1ccc(OC)cc1C1Sc2cc(Cl)ccc2N1C(C)=O.Cl. The Morgan fingerprint density at radius 1 is 1.21 bits per heavy atom. The molecule has 2 atom stereocenters. The molecule has 34 heavy (non-hydrogen) atoms. The van der Waals surface area contributed by atoms with Gasteiger partial charge in [-0.2, -0.15) is 0 Å². The molecule has 0 radical (unpaired) electrons. The zero-order valence-corrected chi connectivity index (χ0v) is 22.2. The molecule has 6 nitrogen and oxygen atoms in total. The molecular formula is C25H32Cl2N2O4S. The van der Waals surface area contributed by atoms with Gasteiger partial charge < -0.3 is 14.2 Å². The van der Waals surface area contributed by atoms with Crippen molar-refractivity contribution in [2.24, 2.45) is 0 Å². The molecule has 1 fully saturated rings. The van der Waals surface area contributed by atoms with Crippen LogP contribution < -0.4 is 14.4 Å². The predicted octanol–water partition coefficient (Wildman–Crippen LogP) is 5.81. The van der Waals surface area contributed by atoms with Gasteiger partial charge in [0.2, 0.25) is 5.91 Å². The fourth-order valence-electron chi connectivity index (χ4n) is 4.62. The minimum Gasteiger partial charge on any atom is -0.497 e. The Bertz CT molecular complexity index is 993. The number of amides is 1. The van der Waals surface area contributed by atoms with Gasteiger partial charge in [-0.05, 0) is 62.2 Å². The van der Waals surface area contributed by atoms with E-state index in [0.717, 1.165) is 53.8 Å². The van der Waals surface area contributed by atoms with Crippen molar-refractivity contribution < 1.29 is 19.0 Å². The van der Waals surface area contributed by atoms with E-state index < -0.39 is 0 Å². The monoisotopic (exact) mass is 526 g/mol. The first kappa shape index (κ1) is 27.0. The molecule has 2 aromatic carbocycles. The molecule has 0 bridgehead atoms. The predicted molar refractivity (Wildman–Crippen MR) is 140 cm³/mol. The molecule has 4 rings (SSSR count). The van der Waals surface area contributed by atoms with Gasteiger partial charge in [0.15, 0.2) is 0 Å². The number of ether oxygens (including phenoxy) is 3. The summed E-state index contributed by atoms with van der Waals surface area (Å²) in [6, 6.07) is 11.9. The maximum Gasteiger partial charge on any atom is 0.225 e. The number of halogens is 2. The minimum absolute atomic E-state index is 0. The third kappa shape index (κ3) is 5.94. The second-order valence-corrected chi connectivity index (χ2v) is 9.92. The Kier molecular flexibility index (Phi) is 9.80. The van der Waals surface area contributed by atoms with E-state index >= 15 is 0 Å². The fourth-order valence-corrected chi connectivity index (χ4v) is 6.25. The van der Waals surface area contributed by atoms with Crippen molar-refractivity contribution in [3.05, 3.63) is 47.0 Å². The highest BCUT2D eigenvalue weighted by Crippen LogP contribution is 2.54. The lowest BCUT2D eigenvalue weighted by Gasteiger charge is -2.26. The van der Waals surface area contributed by atoms with Gasteiger partial charge in [-0.25, -0.2) is 0 Å². The molecule has 0 aromatic heterocycles. The third-order valence-electron chi connectivity index (χ3n) is 6.18. The van der Waals surface area contributed by atoms with Crippen molar-refractivity contribution in [1.82, 2.24) is 4.90 Å². The number of methoxy groups -OCH3 is 2. The lowest BCUT2D eigenvalue weighted by atomic mass is 10.1. The van der Waals surface area contributed by atoms with E-state index in [0.29, 0.717) is 17.7 Å². The molecule has 9 heteroatoms. The molecule has 0 aliphatic carbocycles. The topological polar surface area (TPSA) is 51.2 Å². The van der Waals surface area contributed by atoms with Crippen LogP contribution in [0.1, 0.15) is 37.1 Å². The second kappa shape index (κ2) is 12.4. The molecule has 186 valence electrons. The number of fused-ring (bicyclic) bond motifs is 1. The maximum atomic E-state index is 12.6. The third-order valence-corrected chi connectivity index (χ3v) is 7.69. The average Bonchev–Trinajstić information content (AvgIpc) is 3.40. The molecule has 1 saturated heterocycles. The summed E-state index contributed by atoms with van der Waals surface area (Å²) >= 11 is 7.82. The van der Waals surface area contributed by atoms with Crippen LogP contribution in [0.3, 0.4) is 0 Å². The quantitative estimate of drug-likeness (QED) is 0.384. The van der Waals surface area contributed by atoms with E-state index in [1.54, 1.807) is 37.8 Å². The number of anilines is 1. The molecule has 0 spiro atoms. The van der Waals surface area contributed by atoms with E-state index in [9.17, 15) is 4.79 Å². The van der Waals surface area contributed by atoms with Crippen molar-refractivity contribution in [3.63, 3.8) is 0 Å². The standard InChI is InChI=1S/C25H31ClN2O4S.ClH/c1-17(29)28-22-9-7-18(26)14-24(22)33-25(28)21-15-20(31-3)8-10-23(21)32-13-5-12-27-11-4-6-19(27)16-30-2;/h7-10,14-15,19,25H,4-6,11-13,16H2,1-3H3;1H/t19-,25?;/m0./s1. The van der Waals surface area contributed by atoms with Crippen molar-refractivity contribution in [1.29, 1.82) is 0 Å². The van der Waals surface area contributed by atoms with Gasteiger partial charge in [0.25, 0.3) is 0 Å². The van der Waals surface area contributed by atoms with Crippen molar-refractivity contribution in [2.75, 3.05) is 45.4 Å². The van der Waals surface area contributed by atoms with Crippen LogP contribution in [0, 0.1) is 0 Å². The molecule has 2 aromatic rings. The highest BCUT2D eigenvalue weighted by molar-refractivity contribution is 8.00. The maximum absolute atomic E-state index is 12.6. The highest BCUT2D eigenvalue weighted by atomic mass is 35.5. The summed E-state index contributed by atoms with van der Waals surface area (Å²) in [5.41, 5.74) is 1.79. The summed E-state index contributed by atoms with van der Waals surface area (Å²) in [5.74, 6) is 1.48. The largest absolute Gasteiger partial charge is 0.497 e. The summed E-state index contributed by atoms with van der Waals surface area (Å²) in [7, 11) is 3.41. The Hall–Kier alpha value is -1.64. The zero-order valence-electron chi connectivity index (χ0n) is 19.8. The Morgan fingerprint density at radius 3 is 2.76 bits per heavy atom. The van der Waals surface area contributed by atoms with Crippen LogP contribution in [0.5, 0.6) is 11.5 Å². The molecule has 1 amide bonds. The smallest absolute Gasteiger partial charge is 0.225 e. The summed E-state index contributed by atoms with van der Waals surface area (Å²) in [5, 5.41) is 0.409. The summed E-state index contributed by atoms with van der Waals surface area (Å²) in [6.45, 7) is 5.08. The molecule has 2 aliphatic rings. The number of carbonyl (C=O) groups excluding carboxylic acids is 1. The van der Waals surface area contributed by atoms with Crippen LogP contribution in [0.2, 0.25) is 5.02 Å². The fraction of sp³-hybridized carbons (Fsp3) is 0.480. The van der Waals surface area contributed by atoms with Gasteiger partial charge in [-0.3, -0.25) is 14.6 Å². The summed E-state index contributed by atoms with van der Waals surface area (Å²) in [6.07, 6.45) is 3.35. The summed E-state index contributed by atoms with van der Waals surface area (Å²) in [4.78, 5) is 17.9. The van der Waals surface area contributed by atoms with Crippen LogP contribution in [0.25, 0.3) is 0 Å². The van der Waals surface area contributed by atoms with Gasteiger partial charge >= 0.3 is 0 Å². The van der Waals surface area contributed by atoms with E-state index in [1.807, 2.05) is 36.4 Å². The van der Waals surface area contributed by atoms with Crippen LogP contribution in [-0.4, -0.2) is 57.4 Å². The summed E-state index contributed by atoms with van der Waals surface area (Å²) < 4.78 is 17.1. The first-order valence-corrected chi connectivity index (χ1v) is 12.6. The number of rotatable bonds is 9. The first-order chi connectivity index (χ1) is 16.0. The number of carbonyl (C=O) groups is 1. The van der Waals surface area contributed by atoms with E-state index in [1.165, 1.54) is 12.8 Å². The van der Waals surface area contributed by atoms with E-state index in [2.05, 4.69) is 4.90 Å².